The Morgan fingerprint density at radius 1 is 0.957 bits per heavy atom. The number of carbonyl (C=O) groups is 3. The highest BCUT2D eigenvalue weighted by molar-refractivity contribution is 6.05. The van der Waals surface area contributed by atoms with E-state index in [4.69, 9.17) is 0 Å². The topological polar surface area (TPSA) is 57.7 Å². The van der Waals surface area contributed by atoms with Crippen molar-refractivity contribution in [3.63, 3.8) is 0 Å². The van der Waals surface area contributed by atoms with Gasteiger partial charge >= 0.3 is 0 Å². The maximum Gasteiger partial charge on any atom is 0.233 e. The van der Waals surface area contributed by atoms with E-state index in [2.05, 4.69) is 6.92 Å². The molecule has 1 aliphatic carbocycles. The van der Waals surface area contributed by atoms with Crippen molar-refractivity contribution in [3.8, 4) is 0 Å². The van der Waals surface area contributed by atoms with Crippen molar-refractivity contribution >= 4 is 17.7 Å². The van der Waals surface area contributed by atoms with Crippen LogP contribution < -0.4 is 0 Å². The van der Waals surface area contributed by atoms with Crippen molar-refractivity contribution in [2.45, 2.75) is 58.3 Å². The molecule has 0 bridgehead atoms. The third-order valence-electron chi connectivity index (χ3n) is 5.85. The minimum Gasteiger partial charge on any atom is -0.343 e. The van der Waals surface area contributed by atoms with Crippen LogP contribution in [0.1, 0.15) is 58.3 Å². The molecule has 0 aromatic heterocycles. The largest absolute Gasteiger partial charge is 0.343 e. The molecule has 3 unspecified atom stereocenters. The van der Waals surface area contributed by atoms with E-state index in [1.165, 1.54) is 11.3 Å². The number of nitrogens with zero attached hydrogens (tertiary/aromatic N) is 2. The van der Waals surface area contributed by atoms with Crippen LogP contribution >= 0.6 is 0 Å². The van der Waals surface area contributed by atoms with Crippen LogP contribution in [0.25, 0.3) is 0 Å². The minimum atomic E-state index is -0.106. The molecule has 2 aliphatic heterocycles. The van der Waals surface area contributed by atoms with Gasteiger partial charge < -0.3 is 4.90 Å². The Balaban J connectivity index is 1.54. The third kappa shape index (κ3) is 3.43. The summed E-state index contributed by atoms with van der Waals surface area (Å²) in [5.41, 5.74) is 0. The van der Waals surface area contributed by atoms with Gasteiger partial charge in [0.05, 0.1) is 11.8 Å². The Bertz CT molecular complexity index is 467. The summed E-state index contributed by atoms with van der Waals surface area (Å²) in [6.07, 6.45) is 7.32. The summed E-state index contributed by atoms with van der Waals surface area (Å²) >= 11 is 0. The highest BCUT2D eigenvalue weighted by atomic mass is 16.2. The molecule has 0 radical (unpaired) electrons. The van der Waals surface area contributed by atoms with E-state index in [-0.39, 0.29) is 42.5 Å². The summed E-state index contributed by atoms with van der Waals surface area (Å²) in [6.45, 7) is 4.14. The maximum absolute atomic E-state index is 12.4. The summed E-state index contributed by atoms with van der Waals surface area (Å²) in [5, 5.41) is 0. The van der Waals surface area contributed by atoms with Crippen LogP contribution in [0.2, 0.25) is 0 Å². The summed E-state index contributed by atoms with van der Waals surface area (Å²) in [5.74, 6) is 0.497. The second kappa shape index (κ2) is 7.02. The fraction of sp³-hybridized carbons (Fsp3) is 0.833. The number of carbonyl (C=O) groups excluding carboxylic acids is 3. The quantitative estimate of drug-likeness (QED) is 0.749. The van der Waals surface area contributed by atoms with Gasteiger partial charge in [-0.25, -0.2) is 0 Å². The fourth-order valence-corrected chi connectivity index (χ4v) is 4.33. The Morgan fingerprint density at radius 2 is 1.61 bits per heavy atom. The molecule has 128 valence electrons. The van der Waals surface area contributed by atoms with Crippen LogP contribution in [0.5, 0.6) is 0 Å². The third-order valence-corrected chi connectivity index (χ3v) is 5.85. The van der Waals surface area contributed by atoms with Crippen LogP contribution in [-0.4, -0.2) is 47.2 Å². The molecule has 3 fully saturated rings. The molecular formula is C18H28N2O3. The second-order valence-corrected chi connectivity index (χ2v) is 7.49. The summed E-state index contributed by atoms with van der Waals surface area (Å²) in [7, 11) is 0. The number of likely N-dealkylation sites (tertiary alicyclic amines) is 2. The predicted octanol–water partition coefficient (Wildman–Crippen LogP) is 2.20. The Labute approximate surface area is 138 Å². The highest BCUT2D eigenvalue weighted by Crippen LogP contribution is 2.38. The lowest BCUT2D eigenvalue weighted by Crippen LogP contribution is -2.37. The number of imide groups is 1. The number of rotatable bonds is 3. The molecule has 0 aromatic carbocycles. The van der Waals surface area contributed by atoms with Crippen molar-refractivity contribution in [2.24, 2.45) is 17.8 Å². The number of hydrogen-bond acceptors (Lipinski definition) is 3. The molecule has 2 heterocycles. The van der Waals surface area contributed by atoms with Gasteiger partial charge in [-0.15, -0.1) is 0 Å². The van der Waals surface area contributed by atoms with Gasteiger partial charge in [0, 0.05) is 26.1 Å². The molecule has 2 saturated heterocycles. The molecule has 5 nitrogen and oxygen atoms in total. The molecule has 5 heteroatoms. The van der Waals surface area contributed by atoms with Crippen molar-refractivity contribution in [1.29, 1.82) is 0 Å². The molecule has 1 saturated carbocycles. The summed E-state index contributed by atoms with van der Waals surface area (Å²) in [4.78, 5) is 40.5. The molecular weight excluding hydrogens is 292 g/mol. The first kappa shape index (κ1) is 16.5. The average molecular weight is 320 g/mol. The standard InChI is InChI=1S/C18H28N2O3/c1-13-5-4-10-19(11-8-13)16(21)9-12-20-17(22)14-6-2-3-7-15(14)18(20)23/h13-15H,2-12H2,1H3. The van der Waals surface area contributed by atoms with Crippen LogP contribution in [0.15, 0.2) is 0 Å². The van der Waals surface area contributed by atoms with Crippen LogP contribution in [0.3, 0.4) is 0 Å². The normalized spacial score (nSPS) is 32.0. The van der Waals surface area contributed by atoms with Crippen LogP contribution in [0.4, 0.5) is 0 Å². The van der Waals surface area contributed by atoms with Crippen molar-refractivity contribution in [3.05, 3.63) is 0 Å². The van der Waals surface area contributed by atoms with Crippen LogP contribution in [0, 0.1) is 17.8 Å². The summed E-state index contributed by atoms with van der Waals surface area (Å²) < 4.78 is 0. The Kier molecular flexibility index (Phi) is 5.02. The van der Waals surface area contributed by atoms with Gasteiger partial charge in [0.25, 0.3) is 0 Å². The van der Waals surface area contributed by atoms with Gasteiger partial charge in [0.15, 0.2) is 0 Å². The maximum atomic E-state index is 12.4. The molecule has 3 amide bonds. The van der Waals surface area contributed by atoms with Gasteiger partial charge in [-0.3, -0.25) is 19.3 Å². The van der Waals surface area contributed by atoms with E-state index in [0.717, 1.165) is 51.6 Å². The lowest BCUT2D eigenvalue weighted by atomic mass is 9.81. The van der Waals surface area contributed by atoms with Gasteiger partial charge in [0.1, 0.15) is 0 Å². The minimum absolute atomic E-state index is 0.0306. The monoisotopic (exact) mass is 320 g/mol. The van der Waals surface area contributed by atoms with Crippen molar-refractivity contribution in [2.75, 3.05) is 19.6 Å². The van der Waals surface area contributed by atoms with Gasteiger partial charge in [-0.1, -0.05) is 19.8 Å². The fourth-order valence-electron chi connectivity index (χ4n) is 4.33. The first-order valence-corrected chi connectivity index (χ1v) is 9.21. The first-order valence-electron chi connectivity index (χ1n) is 9.21. The molecule has 3 aliphatic rings. The Morgan fingerprint density at radius 3 is 2.26 bits per heavy atom. The van der Waals surface area contributed by atoms with Crippen molar-refractivity contribution < 1.29 is 14.4 Å². The smallest absolute Gasteiger partial charge is 0.233 e. The van der Waals surface area contributed by atoms with Crippen molar-refractivity contribution in [1.82, 2.24) is 9.80 Å². The number of hydrogen-bond donors (Lipinski definition) is 0. The molecule has 3 rings (SSSR count). The van der Waals surface area contributed by atoms with Gasteiger partial charge in [0.2, 0.25) is 17.7 Å². The van der Waals surface area contributed by atoms with Gasteiger partial charge in [-0.2, -0.15) is 0 Å². The summed E-state index contributed by atoms with van der Waals surface area (Å²) in [6, 6.07) is 0. The lowest BCUT2D eigenvalue weighted by molar-refractivity contribution is -0.140. The number of fused-ring (bicyclic) bond motifs is 1. The first-order chi connectivity index (χ1) is 11.1. The molecule has 23 heavy (non-hydrogen) atoms. The van der Waals surface area contributed by atoms with Crippen LogP contribution in [-0.2, 0) is 14.4 Å². The van der Waals surface area contributed by atoms with Gasteiger partial charge in [-0.05, 0) is 38.0 Å². The van der Waals surface area contributed by atoms with E-state index in [1.54, 1.807) is 0 Å². The predicted molar refractivity (Wildman–Crippen MR) is 86.4 cm³/mol. The average Bonchev–Trinajstić information content (AvgIpc) is 2.71. The zero-order valence-corrected chi connectivity index (χ0v) is 14.1. The molecule has 0 N–H and O–H groups in total. The SMILES string of the molecule is CC1CCCN(C(=O)CCN2C(=O)C3CCCCC3C2=O)CC1. The van der Waals surface area contributed by atoms with E-state index in [0.29, 0.717) is 5.92 Å². The van der Waals surface area contributed by atoms with E-state index in [1.807, 2.05) is 4.90 Å². The Hall–Kier alpha value is -1.39. The lowest BCUT2D eigenvalue weighted by Gasteiger charge is -2.22. The highest BCUT2D eigenvalue weighted by Gasteiger charge is 2.47. The van der Waals surface area contributed by atoms with E-state index < -0.39 is 0 Å². The van der Waals surface area contributed by atoms with E-state index >= 15 is 0 Å². The molecule has 0 aromatic rings. The zero-order valence-electron chi connectivity index (χ0n) is 14.1. The number of amides is 3. The van der Waals surface area contributed by atoms with E-state index in [9.17, 15) is 14.4 Å². The zero-order chi connectivity index (χ0) is 16.4. The molecule has 0 spiro atoms. The molecule has 3 atom stereocenters. The second-order valence-electron chi connectivity index (χ2n) is 7.49.